The highest BCUT2D eigenvalue weighted by Gasteiger charge is 2.13. The topological polar surface area (TPSA) is 39.9 Å². The third-order valence-electron chi connectivity index (χ3n) is 2.41. The summed E-state index contributed by atoms with van der Waals surface area (Å²) in [5.41, 5.74) is 1.02. The lowest BCUT2D eigenvalue weighted by molar-refractivity contribution is -0.142. The molecule has 2 aromatic rings. The third-order valence-corrected chi connectivity index (χ3v) is 3.47. The number of thiophene rings is 1. The molecule has 19 heavy (non-hydrogen) atoms. The van der Waals surface area contributed by atoms with E-state index in [2.05, 4.69) is 9.58 Å². The zero-order valence-electron chi connectivity index (χ0n) is 10.3. The monoisotopic (exact) mass is 273 g/mol. The summed E-state index contributed by atoms with van der Waals surface area (Å²) < 4.78 is 9.80. The van der Waals surface area contributed by atoms with E-state index in [0.29, 0.717) is 10.8 Å². The molecule has 4 nitrogen and oxygen atoms in total. The van der Waals surface area contributed by atoms with Crippen LogP contribution in [0.2, 0.25) is 0 Å². The van der Waals surface area contributed by atoms with Crippen molar-refractivity contribution in [2.45, 2.75) is 0 Å². The van der Waals surface area contributed by atoms with Crippen LogP contribution in [-0.4, -0.2) is 19.7 Å². The van der Waals surface area contributed by atoms with Crippen molar-refractivity contribution in [3.8, 4) is 16.2 Å². The van der Waals surface area contributed by atoms with Gasteiger partial charge in [0, 0.05) is 4.88 Å². The van der Waals surface area contributed by atoms with Gasteiger partial charge in [0.05, 0.1) is 13.7 Å². The number of carbonyl (C=O) groups excluding carboxylic acids is 1. The molecule has 0 saturated carbocycles. The first-order valence-electron chi connectivity index (χ1n) is 5.51. The van der Waals surface area contributed by atoms with Crippen LogP contribution in [0.4, 0.5) is 5.00 Å². The Morgan fingerprint density at radius 2 is 2.11 bits per heavy atom. The van der Waals surface area contributed by atoms with Crippen LogP contribution in [0.3, 0.4) is 0 Å². The molecule has 0 fully saturated rings. The maximum Gasteiger partial charge on any atom is 0.343 e. The number of esters is 1. The number of benzene rings is 1. The number of nitrogens with zero attached hydrogens (tertiary/aromatic N) is 1. The largest absolute Gasteiger partial charge is 0.492 e. The van der Waals surface area contributed by atoms with Crippen molar-refractivity contribution in [1.82, 2.24) is 0 Å². The smallest absolute Gasteiger partial charge is 0.343 e. The van der Waals surface area contributed by atoms with Gasteiger partial charge >= 0.3 is 5.97 Å². The number of carbonyl (C=O) groups is 1. The van der Waals surface area contributed by atoms with Crippen molar-refractivity contribution in [2.24, 2.45) is 0 Å². The lowest BCUT2D eigenvalue weighted by Gasteiger charge is -2.02. The van der Waals surface area contributed by atoms with Crippen molar-refractivity contribution in [3.05, 3.63) is 47.8 Å². The molecular formula is C14H11NO3S. The van der Waals surface area contributed by atoms with Gasteiger partial charge in [-0.25, -0.2) is 9.64 Å². The average Bonchev–Trinajstić information content (AvgIpc) is 2.89. The normalized spacial score (nSPS) is 9.68. The van der Waals surface area contributed by atoms with Gasteiger partial charge in [-0.1, -0.05) is 30.3 Å². The molecule has 0 radical (unpaired) electrons. The van der Waals surface area contributed by atoms with Gasteiger partial charge in [-0.2, -0.15) is 0 Å². The Balaban J connectivity index is 2.23. The zero-order chi connectivity index (χ0) is 13.7. The minimum atomic E-state index is -0.469. The van der Waals surface area contributed by atoms with E-state index in [1.54, 1.807) is 6.07 Å². The van der Waals surface area contributed by atoms with Gasteiger partial charge in [-0.15, -0.1) is 11.3 Å². The van der Waals surface area contributed by atoms with Crippen molar-refractivity contribution in [1.29, 1.82) is 0 Å². The maximum atomic E-state index is 11.0. The molecule has 0 amide bonds. The SMILES string of the molecule is [C-]#[N+]c1sc(-c2ccccc2)cc1OCC(=O)OC. The molecule has 0 spiro atoms. The van der Waals surface area contributed by atoms with Crippen LogP contribution in [0, 0.1) is 6.57 Å². The van der Waals surface area contributed by atoms with Crippen LogP contribution in [0.15, 0.2) is 36.4 Å². The molecule has 0 saturated heterocycles. The Bertz CT molecular complexity index is 613. The van der Waals surface area contributed by atoms with E-state index in [1.807, 2.05) is 30.3 Å². The lowest BCUT2D eigenvalue weighted by atomic mass is 10.2. The summed E-state index contributed by atoms with van der Waals surface area (Å²) in [5, 5.41) is 0.433. The Morgan fingerprint density at radius 3 is 2.74 bits per heavy atom. The summed E-state index contributed by atoms with van der Waals surface area (Å²) in [6.07, 6.45) is 0. The van der Waals surface area contributed by atoms with Gasteiger partial charge in [-0.3, -0.25) is 0 Å². The average molecular weight is 273 g/mol. The predicted octanol–water partition coefficient (Wildman–Crippen LogP) is 3.52. The number of hydrogen-bond acceptors (Lipinski definition) is 4. The second-order valence-corrected chi connectivity index (χ2v) is 4.65. The summed E-state index contributed by atoms with van der Waals surface area (Å²) >= 11 is 1.34. The molecule has 1 heterocycles. The van der Waals surface area contributed by atoms with Crippen LogP contribution in [-0.2, 0) is 9.53 Å². The summed E-state index contributed by atoms with van der Waals surface area (Å²) in [5.74, 6) is -0.0485. The first-order valence-corrected chi connectivity index (χ1v) is 6.32. The Labute approximate surface area is 115 Å². The first kappa shape index (κ1) is 13.1. The van der Waals surface area contributed by atoms with Crippen LogP contribution in [0.5, 0.6) is 5.75 Å². The summed E-state index contributed by atoms with van der Waals surface area (Å²) in [6.45, 7) is 6.94. The molecule has 2 rings (SSSR count). The van der Waals surface area contributed by atoms with Crippen LogP contribution in [0.1, 0.15) is 0 Å². The highest BCUT2D eigenvalue weighted by Crippen LogP contribution is 2.42. The summed E-state index contributed by atoms with van der Waals surface area (Å²) in [6, 6.07) is 11.5. The predicted molar refractivity (Wildman–Crippen MR) is 73.5 cm³/mol. The molecule has 0 aliphatic rings. The number of ether oxygens (including phenoxy) is 2. The van der Waals surface area contributed by atoms with E-state index in [0.717, 1.165) is 10.4 Å². The van der Waals surface area contributed by atoms with E-state index in [1.165, 1.54) is 18.4 Å². The van der Waals surface area contributed by atoms with E-state index >= 15 is 0 Å². The maximum absolute atomic E-state index is 11.0. The quantitative estimate of drug-likeness (QED) is 0.632. The minimum Gasteiger partial charge on any atom is -0.492 e. The summed E-state index contributed by atoms with van der Waals surface area (Å²) in [7, 11) is 1.30. The second kappa shape index (κ2) is 6.03. The molecule has 1 aromatic carbocycles. The van der Waals surface area contributed by atoms with Crippen LogP contribution < -0.4 is 4.74 Å². The van der Waals surface area contributed by atoms with Crippen molar-refractivity contribution in [2.75, 3.05) is 13.7 Å². The van der Waals surface area contributed by atoms with Gasteiger partial charge < -0.3 is 9.47 Å². The molecule has 0 bridgehead atoms. The highest BCUT2D eigenvalue weighted by molar-refractivity contribution is 7.20. The molecule has 0 N–H and O–H groups in total. The van der Waals surface area contributed by atoms with Crippen molar-refractivity contribution >= 4 is 22.3 Å². The van der Waals surface area contributed by atoms with Gasteiger partial charge in [0.1, 0.15) is 5.75 Å². The highest BCUT2D eigenvalue weighted by atomic mass is 32.1. The van der Waals surface area contributed by atoms with Gasteiger partial charge in [0.2, 0.25) is 0 Å². The molecule has 0 atom stereocenters. The van der Waals surface area contributed by atoms with Gasteiger partial charge in [0.25, 0.3) is 5.00 Å². The Hall–Kier alpha value is -2.32. The lowest BCUT2D eigenvalue weighted by Crippen LogP contribution is -2.12. The molecular weight excluding hydrogens is 262 g/mol. The van der Waals surface area contributed by atoms with Crippen molar-refractivity contribution in [3.63, 3.8) is 0 Å². The minimum absolute atomic E-state index is 0.190. The van der Waals surface area contributed by atoms with Gasteiger partial charge in [-0.05, 0) is 11.6 Å². The molecule has 0 aliphatic heterocycles. The number of methoxy groups -OCH3 is 1. The fourth-order valence-electron chi connectivity index (χ4n) is 1.49. The number of hydrogen-bond donors (Lipinski definition) is 0. The standard InChI is InChI=1S/C14H11NO3S/c1-15-14-11(18-9-13(16)17-2)8-12(19-14)10-6-4-3-5-7-10/h3-8H,9H2,2H3. The van der Waals surface area contributed by atoms with E-state index in [-0.39, 0.29) is 6.61 Å². The second-order valence-electron chi connectivity index (χ2n) is 3.62. The number of rotatable bonds is 4. The van der Waals surface area contributed by atoms with E-state index in [4.69, 9.17) is 11.3 Å². The third kappa shape index (κ3) is 3.12. The van der Waals surface area contributed by atoms with Crippen molar-refractivity contribution < 1.29 is 14.3 Å². The Kier molecular flexibility index (Phi) is 4.16. The molecule has 96 valence electrons. The van der Waals surface area contributed by atoms with E-state index < -0.39 is 5.97 Å². The molecule has 0 unspecified atom stereocenters. The fraction of sp³-hybridized carbons (Fsp3) is 0.143. The fourth-order valence-corrected chi connectivity index (χ4v) is 2.38. The zero-order valence-corrected chi connectivity index (χ0v) is 11.1. The first-order chi connectivity index (χ1) is 9.24. The van der Waals surface area contributed by atoms with E-state index in [9.17, 15) is 4.79 Å². The molecule has 0 aliphatic carbocycles. The van der Waals surface area contributed by atoms with Crippen LogP contribution >= 0.6 is 11.3 Å². The van der Waals surface area contributed by atoms with Crippen LogP contribution in [0.25, 0.3) is 15.3 Å². The Morgan fingerprint density at radius 1 is 1.37 bits per heavy atom. The molecule has 1 aromatic heterocycles. The molecule has 5 heteroatoms. The summed E-state index contributed by atoms with van der Waals surface area (Å²) in [4.78, 5) is 15.4. The van der Waals surface area contributed by atoms with Gasteiger partial charge in [0.15, 0.2) is 6.61 Å².